The van der Waals surface area contributed by atoms with Crippen molar-refractivity contribution in [1.29, 1.82) is 0 Å². The number of non-ortho nitro benzene ring substituents is 1. The number of hydrogen-bond acceptors (Lipinski definition) is 4. The zero-order valence-electron chi connectivity index (χ0n) is 10.7. The third-order valence-corrected chi connectivity index (χ3v) is 2.89. The van der Waals surface area contributed by atoms with Crippen molar-refractivity contribution in [3.8, 4) is 11.3 Å². The van der Waals surface area contributed by atoms with Crippen LogP contribution in [0.1, 0.15) is 11.3 Å². The van der Waals surface area contributed by atoms with Crippen LogP contribution in [0.3, 0.4) is 0 Å². The lowest BCUT2D eigenvalue weighted by atomic mass is 10.1. The molecule has 0 unspecified atom stereocenters. The van der Waals surface area contributed by atoms with Gasteiger partial charge in [-0.1, -0.05) is 18.2 Å². The van der Waals surface area contributed by atoms with E-state index < -0.39 is 10.9 Å². The molecule has 6 nitrogen and oxygen atoms in total. The van der Waals surface area contributed by atoms with Gasteiger partial charge in [-0.15, -0.1) is 0 Å². The molecule has 1 aromatic carbocycles. The Morgan fingerprint density at radius 2 is 2.10 bits per heavy atom. The first-order chi connectivity index (χ1) is 9.47. The summed E-state index contributed by atoms with van der Waals surface area (Å²) in [5.74, 6) is -0.919. The summed E-state index contributed by atoms with van der Waals surface area (Å²) >= 11 is 0. The fourth-order valence-corrected chi connectivity index (χ4v) is 1.88. The Balaban J connectivity index is 2.39. The maximum atomic E-state index is 10.7. The molecule has 0 aliphatic heterocycles. The lowest BCUT2D eigenvalue weighted by molar-refractivity contribution is -0.384. The second kappa shape index (κ2) is 5.48. The quantitative estimate of drug-likeness (QED) is 0.682. The maximum absolute atomic E-state index is 10.7. The van der Waals surface area contributed by atoms with E-state index in [0.29, 0.717) is 22.5 Å². The normalized spacial score (nSPS) is 10.2. The number of nitrogens with zero attached hydrogens (tertiary/aromatic N) is 2. The topological polar surface area (TPSA) is 93.3 Å². The van der Waals surface area contributed by atoms with Crippen molar-refractivity contribution in [2.45, 2.75) is 13.3 Å². The van der Waals surface area contributed by atoms with Gasteiger partial charge >= 0.3 is 5.97 Å². The molecule has 0 amide bonds. The highest BCUT2D eigenvalue weighted by molar-refractivity contribution is 5.71. The molecule has 0 atom stereocenters. The molecular formula is C14H12N2O4. The average molecular weight is 272 g/mol. The summed E-state index contributed by atoms with van der Waals surface area (Å²) in [6, 6.07) is 9.53. The van der Waals surface area contributed by atoms with E-state index in [1.807, 2.05) is 0 Å². The van der Waals surface area contributed by atoms with Gasteiger partial charge in [-0.05, 0) is 18.6 Å². The summed E-state index contributed by atoms with van der Waals surface area (Å²) in [6.07, 6.45) is -0.0892. The molecule has 102 valence electrons. The van der Waals surface area contributed by atoms with E-state index in [1.54, 1.807) is 31.2 Å². The molecule has 0 aliphatic rings. The highest BCUT2D eigenvalue weighted by Gasteiger charge is 2.10. The first-order valence-corrected chi connectivity index (χ1v) is 5.90. The van der Waals surface area contributed by atoms with Gasteiger partial charge in [0.15, 0.2) is 0 Å². The highest BCUT2D eigenvalue weighted by atomic mass is 16.6. The number of pyridine rings is 1. The molecule has 1 N–H and O–H groups in total. The van der Waals surface area contributed by atoms with Gasteiger partial charge < -0.3 is 5.11 Å². The predicted octanol–water partition coefficient (Wildman–Crippen LogP) is 2.59. The molecule has 0 fully saturated rings. The van der Waals surface area contributed by atoms with Gasteiger partial charge in [0.1, 0.15) is 0 Å². The van der Waals surface area contributed by atoms with Crippen LogP contribution < -0.4 is 0 Å². The van der Waals surface area contributed by atoms with Crippen molar-refractivity contribution >= 4 is 11.7 Å². The molecule has 0 saturated heterocycles. The molecular weight excluding hydrogens is 260 g/mol. The summed E-state index contributed by atoms with van der Waals surface area (Å²) in [7, 11) is 0. The van der Waals surface area contributed by atoms with Crippen LogP contribution in [0.4, 0.5) is 5.69 Å². The third kappa shape index (κ3) is 2.97. The number of hydrogen-bond donors (Lipinski definition) is 1. The first-order valence-electron chi connectivity index (χ1n) is 5.90. The Bertz CT molecular complexity index is 683. The smallest absolute Gasteiger partial charge is 0.307 e. The molecule has 0 saturated carbocycles. The predicted molar refractivity (Wildman–Crippen MR) is 72.4 cm³/mol. The summed E-state index contributed by atoms with van der Waals surface area (Å²) < 4.78 is 0. The average Bonchev–Trinajstić information content (AvgIpc) is 2.40. The number of benzene rings is 1. The van der Waals surface area contributed by atoms with E-state index in [2.05, 4.69) is 4.98 Å². The van der Waals surface area contributed by atoms with Gasteiger partial charge in [-0.3, -0.25) is 19.9 Å². The fraction of sp³-hybridized carbons (Fsp3) is 0.143. The van der Waals surface area contributed by atoms with Crippen LogP contribution in [0.15, 0.2) is 36.4 Å². The second-order valence-corrected chi connectivity index (χ2v) is 4.32. The van der Waals surface area contributed by atoms with Gasteiger partial charge in [0, 0.05) is 23.4 Å². The van der Waals surface area contributed by atoms with Gasteiger partial charge in [0.2, 0.25) is 0 Å². The van der Waals surface area contributed by atoms with Gasteiger partial charge in [0.25, 0.3) is 5.69 Å². The second-order valence-electron chi connectivity index (χ2n) is 4.32. The first kappa shape index (κ1) is 13.7. The van der Waals surface area contributed by atoms with E-state index in [4.69, 9.17) is 5.11 Å². The fourth-order valence-electron chi connectivity index (χ4n) is 1.88. The van der Waals surface area contributed by atoms with E-state index in [-0.39, 0.29) is 12.1 Å². The van der Waals surface area contributed by atoms with Crippen LogP contribution >= 0.6 is 0 Å². The Kier molecular flexibility index (Phi) is 3.74. The molecule has 2 rings (SSSR count). The number of aryl methyl sites for hydroxylation is 1. The number of nitro groups is 1. The maximum Gasteiger partial charge on any atom is 0.307 e. The summed E-state index contributed by atoms with van der Waals surface area (Å²) in [6.45, 7) is 1.72. The molecule has 2 aromatic rings. The molecule has 6 heteroatoms. The summed E-state index contributed by atoms with van der Waals surface area (Å²) in [4.78, 5) is 25.3. The number of nitro benzene ring substituents is 1. The minimum atomic E-state index is -0.919. The van der Waals surface area contributed by atoms with Crippen molar-refractivity contribution in [2.24, 2.45) is 0 Å². The molecule has 1 aromatic heterocycles. The number of rotatable bonds is 4. The van der Waals surface area contributed by atoms with Crippen molar-refractivity contribution in [1.82, 2.24) is 4.98 Å². The number of carbonyl (C=O) groups is 1. The largest absolute Gasteiger partial charge is 0.481 e. The van der Waals surface area contributed by atoms with Gasteiger partial charge in [0.05, 0.1) is 17.0 Å². The van der Waals surface area contributed by atoms with E-state index in [1.165, 1.54) is 12.1 Å². The third-order valence-electron chi connectivity index (χ3n) is 2.89. The van der Waals surface area contributed by atoms with Crippen molar-refractivity contribution in [3.63, 3.8) is 0 Å². The van der Waals surface area contributed by atoms with Crippen molar-refractivity contribution in [2.75, 3.05) is 0 Å². The lowest BCUT2D eigenvalue weighted by Crippen LogP contribution is -2.03. The zero-order chi connectivity index (χ0) is 14.7. The highest BCUT2D eigenvalue weighted by Crippen LogP contribution is 2.23. The molecule has 1 heterocycles. The van der Waals surface area contributed by atoms with E-state index >= 15 is 0 Å². The number of carboxylic acid groups (broad SMARTS) is 1. The monoisotopic (exact) mass is 272 g/mol. The minimum absolute atomic E-state index is 0.00318. The van der Waals surface area contributed by atoms with Crippen LogP contribution in [0.2, 0.25) is 0 Å². The standard InChI is InChI=1S/C14H12N2O4/c1-9-10(8-14(17)18)5-6-13(15-9)11-3-2-4-12(7-11)16(19)20/h2-7H,8H2,1H3,(H,17,18). The number of aliphatic carboxylic acids is 1. The van der Waals surface area contributed by atoms with Crippen LogP contribution in [-0.2, 0) is 11.2 Å². The SMILES string of the molecule is Cc1nc(-c2cccc([N+](=O)[O-])c2)ccc1CC(=O)O. The minimum Gasteiger partial charge on any atom is -0.481 e. The van der Waals surface area contributed by atoms with Crippen LogP contribution in [-0.4, -0.2) is 21.0 Å². The lowest BCUT2D eigenvalue weighted by Gasteiger charge is -2.06. The summed E-state index contributed by atoms with van der Waals surface area (Å²) in [5.41, 5.74) is 2.45. The Hall–Kier alpha value is -2.76. The molecule has 0 bridgehead atoms. The number of carboxylic acids is 1. The Morgan fingerprint density at radius 3 is 2.70 bits per heavy atom. The van der Waals surface area contributed by atoms with Crippen LogP contribution in [0, 0.1) is 17.0 Å². The van der Waals surface area contributed by atoms with E-state index in [9.17, 15) is 14.9 Å². The van der Waals surface area contributed by atoms with Crippen LogP contribution in [0.5, 0.6) is 0 Å². The molecule has 0 radical (unpaired) electrons. The Labute approximate surface area is 114 Å². The molecule has 20 heavy (non-hydrogen) atoms. The van der Waals surface area contributed by atoms with Gasteiger partial charge in [-0.25, -0.2) is 0 Å². The Morgan fingerprint density at radius 1 is 1.35 bits per heavy atom. The van der Waals surface area contributed by atoms with Crippen LogP contribution in [0.25, 0.3) is 11.3 Å². The zero-order valence-corrected chi connectivity index (χ0v) is 10.7. The molecule has 0 aliphatic carbocycles. The van der Waals surface area contributed by atoms with Crippen molar-refractivity contribution < 1.29 is 14.8 Å². The van der Waals surface area contributed by atoms with Gasteiger partial charge in [-0.2, -0.15) is 0 Å². The van der Waals surface area contributed by atoms with E-state index in [0.717, 1.165) is 0 Å². The number of aromatic nitrogens is 1. The summed E-state index contributed by atoms with van der Waals surface area (Å²) in [5, 5.41) is 19.5. The molecule has 0 spiro atoms. The van der Waals surface area contributed by atoms with Crippen molar-refractivity contribution in [3.05, 3.63) is 57.8 Å².